The number of benzene rings is 1. The van der Waals surface area contributed by atoms with Crippen LogP contribution in [0.25, 0.3) is 16.6 Å². The summed E-state index contributed by atoms with van der Waals surface area (Å²) in [5.74, 6) is 0.603. The second kappa shape index (κ2) is 8.49. The van der Waals surface area contributed by atoms with Crippen LogP contribution < -0.4 is 11.1 Å². The summed E-state index contributed by atoms with van der Waals surface area (Å²) in [7, 11) is 0. The Hall–Kier alpha value is -2.47. The lowest BCUT2D eigenvalue weighted by Crippen LogP contribution is -2.46. The number of carbonyl (C=O) groups excluding carboxylic acids is 1. The van der Waals surface area contributed by atoms with Gasteiger partial charge in [-0.15, -0.1) is 0 Å². The number of nitrogens with two attached hydrogens (primary N) is 1. The summed E-state index contributed by atoms with van der Waals surface area (Å²) >= 11 is 0. The van der Waals surface area contributed by atoms with Gasteiger partial charge in [-0.2, -0.15) is 5.10 Å². The Morgan fingerprint density at radius 3 is 2.76 bits per heavy atom. The van der Waals surface area contributed by atoms with Gasteiger partial charge in [0, 0.05) is 35.8 Å². The Balaban J connectivity index is 1.49. The average Bonchev–Trinajstić information content (AvgIpc) is 3.11. The maximum absolute atomic E-state index is 12.6. The van der Waals surface area contributed by atoms with Gasteiger partial charge in [-0.3, -0.25) is 4.79 Å². The van der Waals surface area contributed by atoms with E-state index in [9.17, 15) is 4.79 Å². The summed E-state index contributed by atoms with van der Waals surface area (Å²) in [6.07, 6.45) is 7.25. The Labute approximate surface area is 171 Å². The average molecular weight is 394 g/mol. The summed E-state index contributed by atoms with van der Waals surface area (Å²) < 4.78 is 1.91. The first-order valence-corrected chi connectivity index (χ1v) is 10.8. The van der Waals surface area contributed by atoms with Gasteiger partial charge in [-0.05, 0) is 56.7 Å². The molecule has 1 saturated carbocycles. The first kappa shape index (κ1) is 19.8. The fourth-order valence-corrected chi connectivity index (χ4v) is 4.76. The molecule has 1 amide bonds. The molecule has 1 atom stereocenters. The van der Waals surface area contributed by atoms with Crippen LogP contribution in [0.3, 0.4) is 0 Å². The molecular weight excluding hydrogens is 362 g/mol. The molecule has 2 aromatic heterocycles. The third-order valence-electron chi connectivity index (χ3n) is 6.44. The lowest BCUT2D eigenvalue weighted by molar-refractivity contribution is -0.122. The van der Waals surface area contributed by atoms with Crippen molar-refractivity contribution >= 4 is 22.5 Å². The standard InChI is InChI=1S/C23H31N5O/c1-15-18(12-13-22(29)26-21(14-24)17-8-4-3-5-9-17)16(2)28-23(25-15)19-10-6-7-11-20(19)27-28/h6-7,10-11,17,21H,3-5,8-9,12-14,24H2,1-2H3,(H,26,29). The molecule has 3 N–H and O–H groups in total. The smallest absolute Gasteiger partial charge is 0.220 e. The molecule has 29 heavy (non-hydrogen) atoms. The van der Waals surface area contributed by atoms with E-state index in [2.05, 4.69) is 18.3 Å². The molecule has 0 radical (unpaired) electrons. The lowest BCUT2D eigenvalue weighted by atomic mass is 9.84. The molecule has 1 fully saturated rings. The van der Waals surface area contributed by atoms with Gasteiger partial charge >= 0.3 is 0 Å². The van der Waals surface area contributed by atoms with Gasteiger partial charge in [0.25, 0.3) is 0 Å². The van der Waals surface area contributed by atoms with Crippen molar-refractivity contribution in [3.63, 3.8) is 0 Å². The molecule has 2 heterocycles. The number of rotatable bonds is 6. The van der Waals surface area contributed by atoms with Gasteiger partial charge in [0.1, 0.15) is 0 Å². The number of hydrogen-bond acceptors (Lipinski definition) is 4. The lowest BCUT2D eigenvalue weighted by Gasteiger charge is -2.30. The van der Waals surface area contributed by atoms with E-state index in [1.165, 1.54) is 32.1 Å². The molecule has 154 valence electrons. The molecule has 1 aromatic carbocycles. The second-order valence-electron chi connectivity index (χ2n) is 8.32. The first-order valence-electron chi connectivity index (χ1n) is 10.8. The second-order valence-corrected chi connectivity index (χ2v) is 8.32. The van der Waals surface area contributed by atoms with E-state index in [4.69, 9.17) is 15.8 Å². The Morgan fingerprint density at radius 1 is 1.24 bits per heavy atom. The highest BCUT2D eigenvalue weighted by atomic mass is 16.1. The fraction of sp³-hybridized carbons (Fsp3) is 0.522. The van der Waals surface area contributed by atoms with E-state index in [0.29, 0.717) is 25.3 Å². The number of hydrogen-bond donors (Lipinski definition) is 2. The number of aromatic nitrogens is 3. The van der Waals surface area contributed by atoms with Crippen molar-refractivity contribution in [2.24, 2.45) is 11.7 Å². The molecule has 1 aliphatic rings. The molecule has 0 spiro atoms. The SMILES string of the molecule is Cc1nc2c3ccccc3nn2c(C)c1CCC(=O)NC(CN)C1CCCCC1. The van der Waals surface area contributed by atoms with Crippen LogP contribution in [-0.4, -0.2) is 33.1 Å². The summed E-state index contributed by atoms with van der Waals surface area (Å²) in [5, 5.41) is 8.96. The zero-order chi connectivity index (χ0) is 20.4. The van der Waals surface area contributed by atoms with Gasteiger partial charge in [-0.1, -0.05) is 31.4 Å². The summed E-state index contributed by atoms with van der Waals surface area (Å²) in [5.41, 5.74) is 10.9. The molecular formula is C23H31N5O. The topological polar surface area (TPSA) is 85.3 Å². The third-order valence-corrected chi connectivity index (χ3v) is 6.44. The molecule has 6 heteroatoms. The van der Waals surface area contributed by atoms with Crippen molar-refractivity contribution in [3.8, 4) is 0 Å². The predicted molar refractivity (Wildman–Crippen MR) is 116 cm³/mol. The summed E-state index contributed by atoms with van der Waals surface area (Å²) in [6.45, 7) is 4.60. The van der Waals surface area contributed by atoms with Gasteiger partial charge in [-0.25, -0.2) is 9.50 Å². The van der Waals surface area contributed by atoms with Crippen molar-refractivity contribution in [2.75, 3.05) is 6.54 Å². The maximum Gasteiger partial charge on any atom is 0.220 e. The first-order chi connectivity index (χ1) is 14.1. The van der Waals surface area contributed by atoms with Crippen LogP contribution in [0.15, 0.2) is 24.3 Å². The highest BCUT2D eigenvalue weighted by molar-refractivity contribution is 5.92. The van der Waals surface area contributed by atoms with Crippen molar-refractivity contribution < 1.29 is 4.79 Å². The van der Waals surface area contributed by atoms with Gasteiger partial charge in [0.15, 0.2) is 5.65 Å². The summed E-state index contributed by atoms with van der Waals surface area (Å²) in [6, 6.07) is 8.15. The highest BCUT2D eigenvalue weighted by Gasteiger charge is 2.24. The zero-order valence-electron chi connectivity index (χ0n) is 17.4. The normalized spacial score (nSPS) is 16.4. The number of fused-ring (bicyclic) bond motifs is 3. The van der Waals surface area contributed by atoms with E-state index in [-0.39, 0.29) is 11.9 Å². The molecule has 6 nitrogen and oxygen atoms in total. The minimum Gasteiger partial charge on any atom is -0.352 e. The minimum atomic E-state index is 0.0792. The number of carbonyl (C=O) groups is 1. The highest BCUT2D eigenvalue weighted by Crippen LogP contribution is 2.26. The van der Waals surface area contributed by atoms with Crippen LogP contribution in [0.1, 0.15) is 55.5 Å². The molecule has 1 unspecified atom stereocenters. The van der Waals surface area contributed by atoms with Crippen LogP contribution >= 0.6 is 0 Å². The zero-order valence-corrected chi connectivity index (χ0v) is 17.4. The van der Waals surface area contributed by atoms with Crippen molar-refractivity contribution in [1.82, 2.24) is 19.9 Å². The molecule has 3 aromatic rings. The van der Waals surface area contributed by atoms with Crippen LogP contribution in [0, 0.1) is 19.8 Å². The van der Waals surface area contributed by atoms with E-state index < -0.39 is 0 Å². The maximum atomic E-state index is 12.6. The van der Waals surface area contributed by atoms with Crippen molar-refractivity contribution in [2.45, 2.75) is 64.8 Å². The fourth-order valence-electron chi connectivity index (χ4n) is 4.76. The van der Waals surface area contributed by atoms with E-state index >= 15 is 0 Å². The molecule has 0 saturated heterocycles. The Bertz CT molecular complexity index is 1020. The number of nitrogens with zero attached hydrogens (tertiary/aromatic N) is 3. The molecule has 0 aliphatic heterocycles. The minimum absolute atomic E-state index is 0.0792. The van der Waals surface area contributed by atoms with Crippen molar-refractivity contribution in [3.05, 3.63) is 41.2 Å². The Morgan fingerprint density at radius 2 is 2.00 bits per heavy atom. The van der Waals surface area contributed by atoms with Gasteiger partial charge in [0.2, 0.25) is 5.91 Å². The van der Waals surface area contributed by atoms with Gasteiger partial charge in [0.05, 0.1) is 5.52 Å². The number of aryl methyl sites for hydroxylation is 2. The number of nitrogens with one attached hydrogen (secondary N) is 1. The molecule has 0 bridgehead atoms. The molecule has 4 rings (SSSR count). The summed E-state index contributed by atoms with van der Waals surface area (Å²) in [4.78, 5) is 17.4. The molecule has 1 aliphatic carbocycles. The third kappa shape index (κ3) is 3.99. The van der Waals surface area contributed by atoms with Crippen LogP contribution in [0.2, 0.25) is 0 Å². The van der Waals surface area contributed by atoms with Crippen LogP contribution in [-0.2, 0) is 11.2 Å². The quantitative estimate of drug-likeness (QED) is 0.672. The van der Waals surface area contributed by atoms with E-state index in [1.807, 2.05) is 29.6 Å². The van der Waals surface area contributed by atoms with E-state index in [1.54, 1.807) is 0 Å². The van der Waals surface area contributed by atoms with E-state index in [0.717, 1.165) is 33.5 Å². The van der Waals surface area contributed by atoms with Crippen molar-refractivity contribution in [1.29, 1.82) is 0 Å². The number of amides is 1. The Kier molecular flexibility index (Phi) is 5.81. The predicted octanol–water partition coefficient (Wildman–Crippen LogP) is 3.46. The monoisotopic (exact) mass is 393 g/mol. The van der Waals surface area contributed by atoms with Gasteiger partial charge < -0.3 is 11.1 Å². The van der Waals surface area contributed by atoms with Crippen LogP contribution in [0.5, 0.6) is 0 Å². The van der Waals surface area contributed by atoms with Crippen LogP contribution in [0.4, 0.5) is 0 Å². The largest absolute Gasteiger partial charge is 0.352 e.